The fourth-order valence-corrected chi connectivity index (χ4v) is 3.27. The number of hydrogen-bond donors (Lipinski definition) is 2. The number of aliphatic hydroxyl groups is 1. The number of ketones is 1. The number of benzene rings is 1. The fourth-order valence-electron chi connectivity index (χ4n) is 3.27. The van der Waals surface area contributed by atoms with Crippen LogP contribution in [0.25, 0.3) is 0 Å². The second-order valence-electron chi connectivity index (χ2n) is 6.31. The van der Waals surface area contributed by atoms with Gasteiger partial charge in [0.15, 0.2) is 5.78 Å². The van der Waals surface area contributed by atoms with Crippen molar-refractivity contribution in [2.45, 2.75) is 38.7 Å². The summed E-state index contributed by atoms with van der Waals surface area (Å²) in [5.41, 5.74) is 2.48. The number of fused-ring (bicyclic) bond motifs is 1. The maximum absolute atomic E-state index is 12.3. The molecule has 3 rings (SSSR count). The first-order valence-electron chi connectivity index (χ1n) is 7.94. The molecule has 1 aromatic rings. The molecule has 2 N–H and O–H groups in total. The van der Waals surface area contributed by atoms with Crippen molar-refractivity contribution >= 4 is 17.5 Å². The molecule has 1 heterocycles. The second kappa shape index (κ2) is 6.08. The third-order valence-electron chi connectivity index (χ3n) is 4.71. The standard InChI is InChI=1S/C17H22N2O3/c1-11(20)13-7-8-19(10-13)17(22)18-14-6-5-12-3-2-4-16(21)15(12)9-14/h5-6,9,11,13,20H,2-4,7-8,10H2,1H3,(H,18,22). The van der Waals surface area contributed by atoms with Crippen molar-refractivity contribution in [1.82, 2.24) is 4.90 Å². The van der Waals surface area contributed by atoms with Crippen LogP contribution in [0.1, 0.15) is 42.1 Å². The number of aliphatic hydroxyl groups excluding tert-OH is 1. The van der Waals surface area contributed by atoms with Crippen LogP contribution in [-0.4, -0.2) is 41.0 Å². The first-order valence-corrected chi connectivity index (χ1v) is 7.94. The van der Waals surface area contributed by atoms with Gasteiger partial charge >= 0.3 is 6.03 Å². The molecule has 1 aliphatic carbocycles. The molecule has 0 spiro atoms. The van der Waals surface area contributed by atoms with Gasteiger partial charge in [0.2, 0.25) is 0 Å². The largest absolute Gasteiger partial charge is 0.393 e. The van der Waals surface area contributed by atoms with Gasteiger partial charge < -0.3 is 15.3 Å². The minimum atomic E-state index is -0.390. The van der Waals surface area contributed by atoms with Crippen LogP contribution in [0, 0.1) is 5.92 Å². The molecule has 0 aromatic heterocycles. The van der Waals surface area contributed by atoms with E-state index in [0.717, 1.165) is 30.4 Å². The molecule has 2 amide bonds. The van der Waals surface area contributed by atoms with Crippen LogP contribution in [0.3, 0.4) is 0 Å². The molecule has 118 valence electrons. The average molecular weight is 302 g/mol. The van der Waals surface area contributed by atoms with Gasteiger partial charge in [0.1, 0.15) is 0 Å². The number of aryl methyl sites for hydroxylation is 1. The number of amides is 2. The van der Waals surface area contributed by atoms with Crippen LogP contribution in [0.15, 0.2) is 18.2 Å². The van der Waals surface area contributed by atoms with Crippen LogP contribution in [0.4, 0.5) is 10.5 Å². The molecule has 1 saturated heterocycles. The zero-order valence-electron chi connectivity index (χ0n) is 12.8. The monoisotopic (exact) mass is 302 g/mol. The van der Waals surface area contributed by atoms with E-state index in [1.54, 1.807) is 17.9 Å². The average Bonchev–Trinajstić information content (AvgIpc) is 2.98. The van der Waals surface area contributed by atoms with Crippen LogP contribution in [-0.2, 0) is 6.42 Å². The van der Waals surface area contributed by atoms with Gasteiger partial charge in [-0.3, -0.25) is 4.79 Å². The first-order chi connectivity index (χ1) is 10.5. The topological polar surface area (TPSA) is 69.6 Å². The summed E-state index contributed by atoms with van der Waals surface area (Å²) in [5, 5.41) is 12.5. The quantitative estimate of drug-likeness (QED) is 0.881. The minimum absolute atomic E-state index is 0.149. The Balaban J connectivity index is 1.67. The highest BCUT2D eigenvalue weighted by Crippen LogP contribution is 2.25. The predicted molar refractivity (Wildman–Crippen MR) is 84.1 cm³/mol. The SMILES string of the molecule is CC(O)C1CCN(C(=O)Nc2ccc3c(c2)C(=O)CCC3)C1. The van der Waals surface area contributed by atoms with Gasteiger partial charge in [0.05, 0.1) is 6.10 Å². The number of nitrogens with zero attached hydrogens (tertiary/aromatic N) is 1. The highest BCUT2D eigenvalue weighted by molar-refractivity contribution is 6.00. The minimum Gasteiger partial charge on any atom is -0.393 e. The molecule has 2 atom stereocenters. The molecule has 0 radical (unpaired) electrons. The van der Waals surface area contributed by atoms with Gasteiger partial charge in [0.25, 0.3) is 0 Å². The molecular weight excluding hydrogens is 280 g/mol. The van der Waals surface area contributed by atoms with Crippen molar-refractivity contribution in [3.05, 3.63) is 29.3 Å². The Morgan fingerprint density at radius 2 is 2.23 bits per heavy atom. The number of carbonyl (C=O) groups excluding carboxylic acids is 2. The normalized spacial score (nSPS) is 22.4. The molecule has 1 aliphatic heterocycles. The molecule has 0 saturated carbocycles. The predicted octanol–water partition coefficient (Wildman–Crippen LogP) is 2.44. The zero-order chi connectivity index (χ0) is 15.7. The summed E-state index contributed by atoms with van der Waals surface area (Å²) < 4.78 is 0. The lowest BCUT2D eigenvalue weighted by atomic mass is 9.90. The lowest BCUT2D eigenvalue weighted by Gasteiger charge is -2.20. The van der Waals surface area contributed by atoms with Crippen molar-refractivity contribution in [3.63, 3.8) is 0 Å². The first kappa shape index (κ1) is 15.0. The number of nitrogens with one attached hydrogen (secondary N) is 1. The smallest absolute Gasteiger partial charge is 0.321 e. The van der Waals surface area contributed by atoms with Gasteiger partial charge in [-0.2, -0.15) is 0 Å². The zero-order valence-corrected chi connectivity index (χ0v) is 12.8. The van der Waals surface area contributed by atoms with Crippen LogP contribution < -0.4 is 5.32 Å². The van der Waals surface area contributed by atoms with Crippen molar-refractivity contribution in [2.24, 2.45) is 5.92 Å². The summed E-state index contributed by atoms with van der Waals surface area (Å²) >= 11 is 0. The maximum Gasteiger partial charge on any atom is 0.321 e. The van der Waals surface area contributed by atoms with Crippen molar-refractivity contribution in [1.29, 1.82) is 0 Å². The van der Waals surface area contributed by atoms with Crippen molar-refractivity contribution in [3.8, 4) is 0 Å². The van der Waals surface area contributed by atoms with Gasteiger partial charge in [-0.05, 0) is 43.9 Å². The third kappa shape index (κ3) is 2.99. The molecule has 2 aliphatic rings. The summed E-state index contributed by atoms with van der Waals surface area (Å²) in [7, 11) is 0. The summed E-state index contributed by atoms with van der Waals surface area (Å²) in [4.78, 5) is 25.9. The molecule has 1 aromatic carbocycles. The highest BCUT2D eigenvalue weighted by Gasteiger charge is 2.29. The molecule has 5 heteroatoms. The molecule has 22 heavy (non-hydrogen) atoms. The lowest BCUT2D eigenvalue weighted by molar-refractivity contribution is 0.0972. The van der Waals surface area contributed by atoms with Gasteiger partial charge in [0, 0.05) is 36.7 Å². The van der Waals surface area contributed by atoms with E-state index >= 15 is 0 Å². The third-order valence-corrected chi connectivity index (χ3v) is 4.71. The van der Waals surface area contributed by atoms with Gasteiger partial charge in [-0.15, -0.1) is 0 Å². The van der Waals surface area contributed by atoms with Crippen molar-refractivity contribution in [2.75, 3.05) is 18.4 Å². The fraction of sp³-hybridized carbons (Fsp3) is 0.529. The molecule has 5 nitrogen and oxygen atoms in total. The number of carbonyl (C=O) groups is 2. The van der Waals surface area contributed by atoms with E-state index in [2.05, 4.69) is 5.32 Å². The van der Waals surface area contributed by atoms with E-state index < -0.39 is 0 Å². The summed E-state index contributed by atoms with van der Waals surface area (Å²) in [6, 6.07) is 5.42. The summed E-state index contributed by atoms with van der Waals surface area (Å²) in [6.07, 6.45) is 2.86. The van der Waals surface area contributed by atoms with E-state index in [1.807, 2.05) is 12.1 Å². The summed E-state index contributed by atoms with van der Waals surface area (Å²) in [6.45, 7) is 3.00. The maximum atomic E-state index is 12.3. The van der Waals surface area contributed by atoms with E-state index in [4.69, 9.17) is 0 Å². The number of likely N-dealkylation sites (tertiary alicyclic amines) is 1. The Hall–Kier alpha value is -1.88. The van der Waals surface area contributed by atoms with E-state index in [0.29, 0.717) is 25.2 Å². The number of urea groups is 1. The Kier molecular flexibility index (Phi) is 4.16. The van der Waals surface area contributed by atoms with E-state index in [-0.39, 0.29) is 23.8 Å². The van der Waals surface area contributed by atoms with E-state index in [9.17, 15) is 14.7 Å². The molecule has 2 unspecified atom stereocenters. The Bertz CT molecular complexity index is 598. The van der Waals surface area contributed by atoms with Crippen LogP contribution in [0.2, 0.25) is 0 Å². The van der Waals surface area contributed by atoms with Gasteiger partial charge in [-0.25, -0.2) is 4.79 Å². The summed E-state index contributed by atoms with van der Waals surface area (Å²) in [5.74, 6) is 0.309. The van der Waals surface area contributed by atoms with Crippen LogP contribution >= 0.6 is 0 Å². The number of anilines is 1. The molecule has 0 bridgehead atoms. The number of hydrogen-bond acceptors (Lipinski definition) is 3. The molecule has 1 fully saturated rings. The van der Waals surface area contributed by atoms with Gasteiger partial charge in [-0.1, -0.05) is 6.07 Å². The number of rotatable bonds is 2. The Morgan fingerprint density at radius 1 is 1.41 bits per heavy atom. The van der Waals surface area contributed by atoms with Crippen LogP contribution in [0.5, 0.6) is 0 Å². The number of Topliss-reactive ketones (excluding diaryl/α,β-unsaturated/α-hetero) is 1. The second-order valence-corrected chi connectivity index (χ2v) is 6.31. The Labute approximate surface area is 130 Å². The lowest BCUT2D eigenvalue weighted by Crippen LogP contribution is -2.34. The highest BCUT2D eigenvalue weighted by atomic mass is 16.3. The molecular formula is C17H22N2O3. The van der Waals surface area contributed by atoms with E-state index in [1.165, 1.54) is 0 Å². The Morgan fingerprint density at radius 3 is 2.95 bits per heavy atom. The van der Waals surface area contributed by atoms with Crippen molar-refractivity contribution < 1.29 is 14.7 Å².